The normalized spacial score (nSPS) is 21.6. The summed E-state index contributed by atoms with van der Waals surface area (Å²) in [5.41, 5.74) is 0.575. The molecule has 0 spiro atoms. The molecule has 0 saturated carbocycles. The Morgan fingerprint density at radius 2 is 2.29 bits per heavy atom. The van der Waals surface area contributed by atoms with Crippen LogP contribution in [0.2, 0.25) is 0 Å². The third-order valence-electron chi connectivity index (χ3n) is 3.15. The molecule has 116 valence electrons. The van der Waals surface area contributed by atoms with Gasteiger partial charge in [-0.25, -0.2) is 23.0 Å². The number of carboxylic acid groups (broad SMARTS) is 1. The number of aromatic amines is 1. The topological polar surface area (TPSA) is 141 Å². The molecule has 0 radical (unpaired) electrons. The highest BCUT2D eigenvalue weighted by atomic mass is 32.2. The Hall–Kier alpha value is -2.10. The molecule has 2 heterocycles. The van der Waals surface area contributed by atoms with Crippen LogP contribution < -0.4 is 10.6 Å². The van der Waals surface area contributed by atoms with Crippen LogP contribution >= 0.6 is 0 Å². The Morgan fingerprint density at radius 1 is 1.52 bits per heavy atom. The Labute approximate surface area is 121 Å². The highest BCUT2D eigenvalue weighted by Crippen LogP contribution is 2.11. The predicted molar refractivity (Wildman–Crippen MR) is 72.4 cm³/mol. The molecule has 2 atom stereocenters. The summed E-state index contributed by atoms with van der Waals surface area (Å²) in [6.45, 7) is 0. The number of H-pyrrole nitrogens is 1. The second-order valence-corrected chi connectivity index (χ2v) is 7.12. The standard InChI is InChI=1S/C11H16N4O5S/c16-10(17)9(3-8-4-12-6-13-8)15-11(18)14-7-1-2-21(19,20)5-7/h4,6-7,9H,1-3,5H2,(H,12,13)(H,16,17)(H2,14,15,18). The van der Waals surface area contributed by atoms with Crippen molar-refractivity contribution < 1.29 is 23.1 Å². The van der Waals surface area contributed by atoms with E-state index in [0.717, 1.165) is 0 Å². The monoisotopic (exact) mass is 316 g/mol. The van der Waals surface area contributed by atoms with Crippen LogP contribution in [0.4, 0.5) is 4.79 Å². The molecular formula is C11H16N4O5S. The SMILES string of the molecule is O=C(NC1CCS(=O)(=O)C1)NC(Cc1cnc[nH]1)C(=O)O. The Bertz CT molecular complexity index is 613. The van der Waals surface area contributed by atoms with Gasteiger partial charge in [-0.2, -0.15) is 0 Å². The summed E-state index contributed by atoms with van der Waals surface area (Å²) in [5.74, 6) is -1.26. The average Bonchev–Trinajstić information content (AvgIpc) is 2.98. The predicted octanol–water partition coefficient (Wildman–Crippen LogP) is -1.11. The van der Waals surface area contributed by atoms with E-state index in [-0.39, 0.29) is 17.9 Å². The van der Waals surface area contributed by atoms with Gasteiger partial charge >= 0.3 is 12.0 Å². The molecule has 1 aromatic rings. The third kappa shape index (κ3) is 4.45. The van der Waals surface area contributed by atoms with Gasteiger partial charge in [-0.15, -0.1) is 0 Å². The number of amides is 2. The first-order chi connectivity index (χ1) is 9.85. The number of aromatic nitrogens is 2. The van der Waals surface area contributed by atoms with Crippen molar-refractivity contribution in [2.45, 2.75) is 24.9 Å². The van der Waals surface area contributed by atoms with E-state index in [0.29, 0.717) is 12.1 Å². The van der Waals surface area contributed by atoms with Gasteiger partial charge in [-0.3, -0.25) is 0 Å². The molecule has 0 bridgehead atoms. The molecular weight excluding hydrogens is 300 g/mol. The molecule has 10 heteroatoms. The number of carbonyl (C=O) groups is 2. The zero-order valence-corrected chi connectivity index (χ0v) is 11.9. The zero-order chi connectivity index (χ0) is 15.5. The molecule has 1 saturated heterocycles. The maximum Gasteiger partial charge on any atom is 0.326 e. The second kappa shape index (κ2) is 6.12. The molecule has 21 heavy (non-hydrogen) atoms. The zero-order valence-electron chi connectivity index (χ0n) is 11.1. The van der Waals surface area contributed by atoms with Gasteiger partial charge in [0.1, 0.15) is 6.04 Å². The van der Waals surface area contributed by atoms with Crippen molar-refractivity contribution in [2.24, 2.45) is 0 Å². The van der Waals surface area contributed by atoms with E-state index in [2.05, 4.69) is 20.6 Å². The Kier molecular flexibility index (Phi) is 4.46. The summed E-state index contributed by atoms with van der Waals surface area (Å²) >= 11 is 0. The van der Waals surface area contributed by atoms with Crippen molar-refractivity contribution in [1.82, 2.24) is 20.6 Å². The molecule has 4 N–H and O–H groups in total. The van der Waals surface area contributed by atoms with Crippen LogP contribution in [0.3, 0.4) is 0 Å². The maximum absolute atomic E-state index is 11.7. The lowest BCUT2D eigenvalue weighted by Gasteiger charge is -2.16. The highest BCUT2D eigenvalue weighted by Gasteiger charge is 2.30. The van der Waals surface area contributed by atoms with Gasteiger partial charge in [0.05, 0.1) is 17.8 Å². The van der Waals surface area contributed by atoms with Gasteiger partial charge in [0.25, 0.3) is 0 Å². The van der Waals surface area contributed by atoms with Crippen LogP contribution in [0.25, 0.3) is 0 Å². The van der Waals surface area contributed by atoms with Crippen LogP contribution in [0.1, 0.15) is 12.1 Å². The first-order valence-electron chi connectivity index (χ1n) is 6.33. The van der Waals surface area contributed by atoms with Gasteiger partial charge in [-0.1, -0.05) is 0 Å². The summed E-state index contributed by atoms with van der Waals surface area (Å²) in [7, 11) is -3.10. The number of rotatable bonds is 5. The number of urea groups is 1. The summed E-state index contributed by atoms with van der Waals surface area (Å²) in [5, 5.41) is 13.9. The summed E-state index contributed by atoms with van der Waals surface area (Å²) in [4.78, 5) is 29.4. The fourth-order valence-electron chi connectivity index (χ4n) is 2.11. The lowest BCUT2D eigenvalue weighted by Crippen LogP contribution is -2.50. The Morgan fingerprint density at radius 3 is 2.81 bits per heavy atom. The molecule has 1 aliphatic rings. The third-order valence-corrected chi connectivity index (χ3v) is 4.92. The smallest absolute Gasteiger partial charge is 0.326 e. The molecule has 2 unspecified atom stereocenters. The van der Waals surface area contributed by atoms with Gasteiger partial charge in [-0.05, 0) is 6.42 Å². The minimum absolute atomic E-state index is 0.0362. The van der Waals surface area contributed by atoms with E-state index in [9.17, 15) is 18.0 Å². The van der Waals surface area contributed by atoms with Gasteiger partial charge in [0.2, 0.25) is 0 Å². The number of nitrogens with one attached hydrogen (secondary N) is 3. The fourth-order valence-corrected chi connectivity index (χ4v) is 3.78. The van der Waals surface area contributed by atoms with Crippen molar-refractivity contribution >= 4 is 21.8 Å². The number of carbonyl (C=O) groups excluding carboxylic acids is 1. The number of sulfone groups is 1. The van der Waals surface area contributed by atoms with Crippen LogP contribution in [0.15, 0.2) is 12.5 Å². The maximum atomic E-state index is 11.7. The number of hydrogen-bond donors (Lipinski definition) is 4. The number of hydrogen-bond acceptors (Lipinski definition) is 5. The number of imidazole rings is 1. The molecule has 1 aliphatic heterocycles. The van der Waals surface area contributed by atoms with E-state index >= 15 is 0 Å². The largest absolute Gasteiger partial charge is 0.480 e. The molecule has 0 aliphatic carbocycles. The first kappa shape index (κ1) is 15.3. The average molecular weight is 316 g/mol. The van der Waals surface area contributed by atoms with Crippen molar-refractivity contribution in [2.75, 3.05) is 11.5 Å². The van der Waals surface area contributed by atoms with Crippen molar-refractivity contribution in [3.63, 3.8) is 0 Å². The highest BCUT2D eigenvalue weighted by molar-refractivity contribution is 7.91. The lowest BCUT2D eigenvalue weighted by atomic mass is 10.1. The van der Waals surface area contributed by atoms with Crippen LogP contribution in [0, 0.1) is 0 Å². The number of nitrogens with zero attached hydrogens (tertiary/aromatic N) is 1. The molecule has 0 aromatic carbocycles. The number of carboxylic acids is 1. The van der Waals surface area contributed by atoms with E-state index in [1.165, 1.54) is 12.5 Å². The van der Waals surface area contributed by atoms with Crippen molar-refractivity contribution in [1.29, 1.82) is 0 Å². The van der Waals surface area contributed by atoms with E-state index in [1.807, 2.05) is 0 Å². The Balaban J connectivity index is 1.88. The molecule has 9 nitrogen and oxygen atoms in total. The van der Waals surface area contributed by atoms with Crippen molar-refractivity contribution in [3.05, 3.63) is 18.2 Å². The van der Waals surface area contributed by atoms with Crippen molar-refractivity contribution in [3.8, 4) is 0 Å². The molecule has 2 rings (SSSR count). The van der Waals surface area contributed by atoms with Crippen LogP contribution in [0.5, 0.6) is 0 Å². The fraction of sp³-hybridized carbons (Fsp3) is 0.545. The van der Waals surface area contributed by atoms with E-state index < -0.39 is 33.9 Å². The molecule has 1 fully saturated rings. The van der Waals surface area contributed by atoms with Crippen LogP contribution in [-0.4, -0.2) is 59.1 Å². The van der Waals surface area contributed by atoms with E-state index in [1.54, 1.807) is 0 Å². The second-order valence-electron chi connectivity index (χ2n) is 4.89. The summed E-state index contributed by atoms with van der Waals surface area (Å²) in [6, 6.07) is -2.29. The molecule has 2 amide bonds. The van der Waals surface area contributed by atoms with Crippen LogP contribution in [-0.2, 0) is 21.1 Å². The van der Waals surface area contributed by atoms with Gasteiger partial charge in [0.15, 0.2) is 9.84 Å². The van der Waals surface area contributed by atoms with E-state index in [4.69, 9.17) is 5.11 Å². The minimum Gasteiger partial charge on any atom is -0.480 e. The quantitative estimate of drug-likeness (QED) is 0.543. The van der Waals surface area contributed by atoms with Gasteiger partial charge < -0.3 is 20.7 Å². The minimum atomic E-state index is -3.10. The first-order valence-corrected chi connectivity index (χ1v) is 8.15. The van der Waals surface area contributed by atoms with Gasteiger partial charge in [0, 0.05) is 24.4 Å². The summed E-state index contributed by atoms with van der Waals surface area (Å²) < 4.78 is 22.6. The number of aliphatic carboxylic acids is 1. The summed E-state index contributed by atoms with van der Waals surface area (Å²) in [6.07, 6.45) is 3.29. The lowest BCUT2D eigenvalue weighted by molar-refractivity contribution is -0.139. The molecule has 1 aromatic heterocycles.